The number of nitrogens with one attached hydrogen (secondary N) is 1. The van der Waals surface area contributed by atoms with Crippen molar-refractivity contribution in [3.63, 3.8) is 0 Å². The van der Waals surface area contributed by atoms with Gasteiger partial charge in [-0.3, -0.25) is 14.2 Å². The van der Waals surface area contributed by atoms with Crippen LogP contribution in [0.1, 0.15) is 24.9 Å². The third kappa shape index (κ3) is 4.29. The topological polar surface area (TPSA) is 64.7 Å². The van der Waals surface area contributed by atoms with Crippen LogP contribution in [-0.2, 0) is 11.3 Å². The molecule has 0 aliphatic heterocycles. The summed E-state index contributed by atoms with van der Waals surface area (Å²) in [6.45, 7) is 2.49. The Hall–Kier alpha value is -2.12. The van der Waals surface area contributed by atoms with E-state index in [1.807, 2.05) is 31.2 Å². The van der Waals surface area contributed by atoms with Gasteiger partial charge in [0, 0.05) is 17.4 Å². The standard InChI is InChI=1S/C17H17BrClN5O/c1-2-16(24-10-13(18)7-21-24)17(25)22-14-8-20-23(11-14)9-12-5-3-4-6-15(12)19/h3-8,10-11,16H,2,9H2,1H3,(H,22,25). The average Bonchev–Trinajstić information content (AvgIpc) is 3.20. The molecule has 6 nitrogen and oxygen atoms in total. The zero-order chi connectivity index (χ0) is 17.8. The molecule has 2 aromatic heterocycles. The fraction of sp³-hybridized carbons (Fsp3) is 0.235. The minimum Gasteiger partial charge on any atom is -0.322 e. The lowest BCUT2D eigenvalue weighted by Gasteiger charge is -2.14. The summed E-state index contributed by atoms with van der Waals surface area (Å²) < 4.78 is 4.22. The molecule has 25 heavy (non-hydrogen) atoms. The first kappa shape index (κ1) is 17.7. The van der Waals surface area contributed by atoms with E-state index in [9.17, 15) is 4.79 Å². The molecule has 130 valence electrons. The molecule has 0 saturated carbocycles. The fourth-order valence-corrected chi connectivity index (χ4v) is 3.02. The highest BCUT2D eigenvalue weighted by atomic mass is 79.9. The van der Waals surface area contributed by atoms with Gasteiger partial charge in [0.1, 0.15) is 6.04 Å². The van der Waals surface area contributed by atoms with E-state index < -0.39 is 0 Å². The molecule has 0 saturated heterocycles. The molecule has 2 heterocycles. The minimum absolute atomic E-state index is 0.129. The van der Waals surface area contributed by atoms with Crippen LogP contribution in [0.25, 0.3) is 0 Å². The third-order valence-electron chi connectivity index (χ3n) is 3.77. The molecule has 0 bridgehead atoms. The second-order valence-electron chi connectivity index (χ2n) is 5.57. The van der Waals surface area contributed by atoms with Crippen molar-refractivity contribution in [2.75, 3.05) is 5.32 Å². The lowest BCUT2D eigenvalue weighted by molar-refractivity contribution is -0.119. The van der Waals surface area contributed by atoms with Gasteiger partial charge >= 0.3 is 0 Å². The number of hydrogen-bond donors (Lipinski definition) is 1. The van der Waals surface area contributed by atoms with E-state index in [0.717, 1.165) is 10.0 Å². The van der Waals surface area contributed by atoms with Crippen molar-refractivity contribution >= 4 is 39.1 Å². The van der Waals surface area contributed by atoms with Gasteiger partial charge in [0.05, 0.1) is 29.1 Å². The van der Waals surface area contributed by atoms with Crippen LogP contribution < -0.4 is 5.32 Å². The number of rotatable bonds is 6. The van der Waals surface area contributed by atoms with Crippen molar-refractivity contribution in [3.8, 4) is 0 Å². The summed E-state index contributed by atoms with van der Waals surface area (Å²) >= 11 is 9.52. The van der Waals surface area contributed by atoms with Gasteiger partial charge in [-0.25, -0.2) is 0 Å². The number of aromatic nitrogens is 4. The zero-order valence-electron chi connectivity index (χ0n) is 13.6. The second-order valence-corrected chi connectivity index (χ2v) is 6.89. The number of halogens is 2. The van der Waals surface area contributed by atoms with E-state index in [2.05, 4.69) is 31.4 Å². The number of amides is 1. The van der Waals surface area contributed by atoms with E-state index in [0.29, 0.717) is 23.7 Å². The molecule has 0 radical (unpaired) electrons. The van der Waals surface area contributed by atoms with Crippen molar-refractivity contribution < 1.29 is 4.79 Å². The Morgan fingerprint density at radius 2 is 2.08 bits per heavy atom. The highest BCUT2D eigenvalue weighted by Gasteiger charge is 2.20. The SMILES string of the molecule is CCC(C(=O)Nc1cnn(Cc2ccccc2Cl)c1)n1cc(Br)cn1. The number of carbonyl (C=O) groups excluding carboxylic acids is 1. The smallest absolute Gasteiger partial charge is 0.249 e. The van der Waals surface area contributed by atoms with Crippen LogP contribution in [0.15, 0.2) is 53.5 Å². The Kier molecular flexibility index (Phi) is 5.55. The average molecular weight is 423 g/mol. The highest BCUT2D eigenvalue weighted by Crippen LogP contribution is 2.19. The monoisotopic (exact) mass is 421 g/mol. The van der Waals surface area contributed by atoms with E-state index in [1.54, 1.807) is 34.2 Å². The molecule has 1 aromatic carbocycles. The number of benzene rings is 1. The minimum atomic E-state index is -0.377. The van der Waals surface area contributed by atoms with Crippen LogP contribution in [-0.4, -0.2) is 25.5 Å². The second kappa shape index (κ2) is 7.84. The van der Waals surface area contributed by atoms with Gasteiger partial charge in [0.25, 0.3) is 0 Å². The molecular weight excluding hydrogens is 406 g/mol. The summed E-state index contributed by atoms with van der Waals surface area (Å²) in [6, 6.07) is 7.24. The lowest BCUT2D eigenvalue weighted by Crippen LogP contribution is -2.25. The molecule has 0 fully saturated rings. The van der Waals surface area contributed by atoms with Crippen LogP contribution in [0.3, 0.4) is 0 Å². The van der Waals surface area contributed by atoms with Gasteiger partial charge in [-0.1, -0.05) is 36.7 Å². The molecule has 1 atom stereocenters. The van der Waals surface area contributed by atoms with Gasteiger partial charge in [0.15, 0.2) is 0 Å². The number of carbonyl (C=O) groups is 1. The summed E-state index contributed by atoms with van der Waals surface area (Å²) in [5.74, 6) is -0.129. The number of hydrogen-bond acceptors (Lipinski definition) is 3. The number of nitrogens with zero attached hydrogens (tertiary/aromatic N) is 4. The Morgan fingerprint density at radius 1 is 1.28 bits per heavy atom. The zero-order valence-corrected chi connectivity index (χ0v) is 15.9. The van der Waals surface area contributed by atoms with Gasteiger partial charge in [-0.05, 0) is 34.0 Å². The quantitative estimate of drug-likeness (QED) is 0.649. The lowest BCUT2D eigenvalue weighted by atomic mass is 10.2. The fourth-order valence-electron chi connectivity index (χ4n) is 2.52. The summed E-state index contributed by atoms with van der Waals surface area (Å²) in [5.41, 5.74) is 1.61. The Labute approximate surface area is 158 Å². The maximum Gasteiger partial charge on any atom is 0.249 e. The largest absolute Gasteiger partial charge is 0.322 e. The van der Waals surface area contributed by atoms with E-state index in [-0.39, 0.29) is 11.9 Å². The Morgan fingerprint density at radius 3 is 2.76 bits per heavy atom. The van der Waals surface area contributed by atoms with Crippen molar-refractivity contribution in [1.82, 2.24) is 19.6 Å². The van der Waals surface area contributed by atoms with Gasteiger partial charge in [-0.2, -0.15) is 10.2 Å². The molecule has 0 aliphatic carbocycles. The van der Waals surface area contributed by atoms with Gasteiger partial charge in [0.2, 0.25) is 5.91 Å². The van der Waals surface area contributed by atoms with Crippen molar-refractivity contribution in [2.24, 2.45) is 0 Å². The first-order valence-electron chi connectivity index (χ1n) is 7.83. The summed E-state index contributed by atoms with van der Waals surface area (Å²) in [4.78, 5) is 12.5. The summed E-state index contributed by atoms with van der Waals surface area (Å²) in [7, 11) is 0. The van der Waals surface area contributed by atoms with Crippen LogP contribution in [0, 0.1) is 0 Å². The maximum atomic E-state index is 12.5. The molecule has 0 spiro atoms. The Balaban J connectivity index is 1.68. The molecule has 3 rings (SSSR count). The van der Waals surface area contributed by atoms with Crippen molar-refractivity contribution in [2.45, 2.75) is 25.9 Å². The molecule has 3 aromatic rings. The first-order valence-corrected chi connectivity index (χ1v) is 9.00. The molecule has 1 amide bonds. The predicted octanol–water partition coefficient (Wildman–Crippen LogP) is 4.13. The van der Waals surface area contributed by atoms with Crippen molar-refractivity contribution in [3.05, 3.63) is 64.1 Å². The van der Waals surface area contributed by atoms with Gasteiger partial charge in [-0.15, -0.1) is 0 Å². The molecule has 1 unspecified atom stereocenters. The predicted molar refractivity (Wildman–Crippen MR) is 101 cm³/mol. The summed E-state index contributed by atoms with van der Waals surface area (Å²) in [6.07, 6.45) is 7.49. The highest BCUT2D eigenvalue weighted by molar-refractivity contribution is 9.10. The molecule has 1 N–H and O–H groups in total. The molecule has 8 heteroatoms. The van der Waals surface area contributed by atoms with Crippen LogP contribution >= 0.6 is 27.5 Å². The molecule has 0 aliphatic rings. The van der Waals surface area contributed by atoms with E-state index in [1.165, 1.54) is 0 Å². The normalized spacial score (nSPS) is 12.1. The van der Waals surface area contributed by atoms with E-state index >= 15 is 0 Å². The molecular formula is C17H17BrClN5O. The summed E-state index contributed by atoms with van der Waals surface area (Å²) in [5, 5.41) is 12.1. The maximum absolute atomic E-state index is 12.5. The van der Waals surface area contributed by atoms with Gasteiger partial charge < -0.3 is 5.32 Å². The van der Waals surface area contributed by atoms with Crippen LogP contribution in [0.4, 0.5) is 5.69 Å². The first-order chi connectivity index (χ1) is 12.1. The number of anilines is 1. The van der Waals surface area contributed by atoms with Crippen LogP contribution in [0.5, 0.6) is 0 Å². The van der Waals surface area contributed by atoms with Crippen molar-refractivity contribution in [1.29, 1.82) is 0 Å². The van der Waals surface area contributed by atoms with E-state index in [4.69, 9.17) is 11.6 Å². The third-order valence-corrected chi connectivity index (χ3v) is 4.55. The van der Waals surface area contributed by atoms with Crippen LogP contribution in [0.2, 0.25) is 5.02 Å². The Bertz CT molecular complexity index is 875.